The molecule has 3 nitrogen and oxygen atoms in total. The molecular formula is C16H28N2O. The fourth-order valence-electron chi connectivity index (χ4n) is 4.64. The van der Waals surface area contributed by atoms with E-state index in [1.165, 1.54) is 32.1 Å². The highest BCUT2D eigenvalue weighted by atomic mass is 16.2. The van der Waals surface area contributed by atoms with Crippen LogP contribution in [0.4, 0.5) is 0 Å². The Morgan fingerprint density at radius 3 is 2.74 bits per heavy atom. The van der Waals surface area contributed by atoms with Crippen LogP contribution in [0.1, 0.15) is 58.3 Å². The van der Waals surface area contributed by atoms with Crippen molar-refractivity contribution in [3.05, 3.63) is 0 Å². The predicted octanol–water partition coefficient (Wildman–Crippen LogP) is 2.54. The fraction of sp³-hybridized carbons (Fsp3) is 0.938. The molecule has 3 aliphatic rings. The highest BCUT2D eigenvalue weighted by Crippen LogP contribution is 2.39. The molecule has 0 aromatic carbocycles. The summed E-state index contributed by atoms with van der Waals surface area (Å²) in [6.45, 7) is 3.24. The lowest BCUT2D eigenvalue weighted by atomic mass is 9.76. The number of rotatable bonds is 1. The maximum Gasteiger partial charge on any atom is 0.226 e. The lowest BCUT2D eigenvalue weighted by Crippen LogP contribution is -2.51. The lowest BCUT2D eigenvalue weighted by molar-refractivity contribution is -0.143. The lowest BCUT2D eigenvalue weighted by Gasteiger charge is -2.42. The molecular weight excluding hydrogens is 236 g/mol. The smallest absolute Gasteiger partial charge is 0.226 e. The number of likely N-dealkylation sites (tertiary alicyclic amines) is 1. The van der Waals surface area contributed by atoms with E-state index in [0.717, 1.165) is 31.7 Å². The number of piperidine rings is 1. The van der Waals surface area contributed by atoms with Gasteiger partial charge >= 0.3 is 0 Å². The van der Waals surface area contributed by atoms with Gasteiger partial charge in [-0.25, -0.2) is 0 Å². The van der Waals surface area contributed by atoms with Crippen LogP contribution in [0, 0.1) is 17.8 Å². The van der Waals surface area contributed by atoms with Crippen LogP contribution in [0.15, 0.2) is 0 Å². The number of hydrogen-bond acceptors (Lipinski definition) is 2. The van der Waals surface area contributed by atoms with E-state index in [-0.39, 0.29) is 12.0 Å². The number of fused-ring (bicyclic) bond motifs is 1. The Bertz CT molecular complexity index is 344. The standard InChI is InChI=1S/C16H28N2O/c1-11-7-8-13(17)10-14(11)16(19)18-9-3-5-12-4-2-6-15(12)18/h11-15H,2-10,17H2,1H3. The van der Waals surface area contributed by atoms with Gasteiger partial charge in [0.15, 0.2) is 0 Å². The van der Waals surface area contributed by atoms with E-state index in [9.17, 15) is 4.79 Å². The van der Waals surface area contributed by atoms with Gasteiger partial charge in [0.2, 0.25) is 5.91 Å². The average Bonchev–Trinajstić information content (AvgIpc) is 2.89. The van der Waals surface area contributed by atoms with Crippen LogP contribution < -0.4 is 5.73 Å². The van der Waals surface area contributed by atoms with Crippen molar-refractivity contribution in [2.24, 2.45) is 23.5 Å². The third-order valence-electron chi connectivity index (χ3n) is 5.83. The molecule has 3 fully saturated rings. The molecule has 0 spiro atoms. The Kier molecular flexibility index (Phi) is 3.84. The van der Waals surface area contributed by atoms with Gasteiger partial charge in [-0.05, 0) is 56.8 Å². The third kappa shape index (κ3) is 2.54. The summed E-state index contributed by atoms with van der Waals surface area (Å²) in [7, 11) is 0. The van der Waals surface area contributed by atoms with E-state index >= 15 is 0 Å². The number of hydrogen-bond donors (Lipinski definition) is 1. The van der Waals surface area contributed by atoms with Crippen molar-refractivity contribution in [2.75, 3.05) is 6.54 Å². The minimum absolute atomic E-state index is 0.197. The Labute approximate surface area is 116 Å². The van der Waals surface area contributed by atoms with Gasteiger partial charge < -0.3 is 10.6 Å². The van der Waals surface area contributed by atoms with Crippen molar-refractivity contribution in [1.29, 1.82) is 0 Å². The summed E-state index contributed by atoms with van der Waals surface area (Å²) >= 11 is 0. The summed E-state index contributed by atoms with van der Waals surface area (Å²) in [6, 6.07) is 0.806. The van der Waals surface area contributed by atoms with Gasteiger partial charge in [0, 0.05) is 24.5 Å². The van der Waals surface area contributed by atoms with Crippen molar-refractivity contribution >= 4 is 5.91 Å². The molecule has 108 valence electrons. The van der Waals surface area contributed by atoms with Crippen LogP contribution in [0.3, 0.4) is 0 Å². The highest BCUT2D eigenvalue weighted by molar-refractivity contribution is 5.80. The molecule has 5 atom stereocenters. The molecule has 2 saturated carbocycles. The quantitative estimate of drug-likeness (QED) is 0.791. The van der Waals surface area contributed by atoms with Crippen molar-refractivity contribution in [3.63, 3.8) is 0 Å². The van der Waals surface area contributed by atoms with E-state index in [2.05, 4.69) is 11.8 Å². The molecule has 1 amide bonds. The molecule has 1 heterocycles. The Morgan fingerprint density at radius 1 is 1.11 bits per heavy atom. The molecule has 2 N–H and O–H groups in total. The number of amides is 1. The summed E-state index contributed by atoms with van der Waals surface area (Å²) in [5.41, 5.74) is 6.09. The van der Waals surface area contributed by atoms with Crippen LogP contribution in [-0.4, -0.2) is 29.4 Å². The minimum atomic E-state index is 0.197. The Morgan fingerprint density at radius 2 is 1.89 bits per heavy atom. The van der Waals surface area contributed by atoms with Gasteiger partial charge in [-0.15, -0.1) is 0 Å². The first-order chi connectivity index (χ1) is 9.16. The topological polar surface area (TPSA) is 46.3 Å². The maximum absolute atomic E-state index is 12.9. The number of carbonyl (C=O) groups is 1. The van der Waals surface area contributed by atoms with E-state index in [1.807, 2.05) is 0 Å². The summed E-state index contributed by atoms with van der Waals surface area (Å²) < 4.78 is 0. The molecule has 0 radical (unpaired) electrons. The molecule has 3 rings (SSSR count). The second kappa shape index (κ2) is 5.43. The normalized spacial score (nSPS) is 43.1. The summed E-state index contributed by atoms with van der Waals surface area (Å²) in [4.78, 5) is 15.2. The zero-order chi connectivity index (χ0) is 13.4. The fourth-order valence-corrected chi connectivity index (χ4v) is 4.64. The molecule has 0 aromatic rings. The molecule has 3 heteroatoms. The summed E-state index contributed by atoms with van der Waals surface area (Å²) in [6.07, 6.45) is 9.58. The molecule has 2 aliphatic carbocycles. The van der Waals surface area contributed by atoms with Gasteiger partial charge in [0.05, 0.1) is 0 Å². The molecule has 5 unspecified atom stereocenters. The van der Waals surface area contributed by atoms with Crippen LogP contribution >= 0.6 is 0 Å². The van der Waals surface area contributed by atoms with Crippen molar-refractivity contribution < 1.29 is 4.79 Å². The van der Waals surface area contributed by atoms with Gasteiger partial charge in [0.1, 0.15) is 0 Å². The van der Waals surface area contributed by atoms with Gasteiger partial charge in [0.25, 0.3) is 0 Å². The van der Waals surface area contributed by atoms with Gasteiger partial charge in [-0.1, -0.05) is 13.3 Å². The largest absolute Gasteiger partial charge is 0.339 e. The van der Waals surface area contributed by atoms with Crippen molar-refractivity contribution in [3.8, 4) is 0 Å². The van der Waals surface area contributed by atoms with Crippen LogP contribution in [0.25, 0.3) is 0 Å². The third-order valence-corrected chi connectivity index (χ3v) is 5.83. The van der Waals surface area contributed by atoms with Gasteiger partial charge in [-0.3, -0.25) is 4.79 Å². The van der Waals surface area contributed by atoms with Crippen molar-refractivity contribution in [1.82, 2.24) is 4.90 Å². The van der Waals surface area contributed by atoms with E-state index in [4.69, 9.17) is 5.73 Å². The first-order valence-electron chi connectivity index (χ1n) is 8.23. The molecule has 0 bridgehead atoms. The molecule has 1 saturated heterocycles. The van der Waals surface area contributed by atoms with Crippen molar-refractivity contribution in [2.45, 2.75) is 70.4 Å². The first kappa shape index (κ1) is 13.4. The van der Waals surface area contributed by atoms with E-state index < -0.39 is 0 Å². The Balaban J connectivity index is 1.71. The second-order valence-electron chi connectivity index (χ2n) is 7.09. The molecule has 1 aliphatic heterocycles. The highest BCUT2D eigenvalue weighted by Gasteiger charge is 2.41. The average molecular weight is 264 g/mol. The van der Waals surface area contributed by atoms with Gasteiger partial charge in [-0.2, -0.15) is 0 Å². The van der Waals surface area contributed by atoms with E-state index in [1.54, 1.807) is 0 Å². The summed E-state index contributed by atoms with van der Waals surface area (Å²) in [5.74, 6) is 1.95. The van der Waals surface area contributed by atoms with E-state index in [0.29, 0.717) is 17.9 Å². The predicted molar refractivity (Wildman–Crippen MR) is 76.6 cm³/mol. The molecule has 0 aromatic heterocycles. The second-order valence-corrected chi connectivity index (χ2v) is 7.09. The number of nitrogens with two attached hydrogens (primary N) is 1. The SMILES string of the molecule is CC1CCC(N)CC1C(=O)N1CCCC2CCCC21. The minimum Gasteiger partial charge on any atom is -0.339 e. The zero-order valence-corrected chi connectivity index (χ0v) is 12.2. The maximum atomic E-state index is 12.9. The summed E-state index contributed by atoms with van der Waals surface area (Å²) in [5, 5.41) is 0. The zero-order valence-electron chi connectivity index (χ0n) is 12.2. The molecule has 19 heavy (non-hydrogen) atoms. The number of nitrogens with zero attached hydrogens (tertiary/aromatic N) is 1. The van der Waals surface area contributed by atoms with Crippen LogP contribution in [0.5, 0.6) is 0 Å². The monoisotopic (exact) mass is 264 g/mol. The van der Waals surface area contributed by atoms with Crippen LogP contribution in [-0.2, 0) is 4.79 Å². The first-order valence-corrected chi connectivity index (χ1v) is 8.23. The van der Waals surface area contributed by atoms with Crippen LogP contribution in [0.2, 0.25) is 0 Å². The Hall–Kier alpha value is -0.570. The number of carbonyl (C=O) groups excluding carboxylic acids is 1.